The molecule has 0 saturated heterocycles. The second kappa shape index (κ2) is 6.67. The Bertz CT molecular complexity index is 895. The van der Waals surface area contributed by atoms with Crippen molar-refractivity contribution in [2.24, 2.45) is 0 Å². The summed E-state index contributed by atoms with van der Waals surface area (Å²) in [5.74, 6) is 1.14. The van der Waals surface area contributed by atoms with Gasteiger partial charge in [0.1, 0.15) is 10.8 Å². The molecule has 0 unspecified atom stereocenters. The van der Waals surface area contributed by atoms with Crippen LogP contribution in [0.1, 0.15) is 6.92 Å². The molecule has 3 aromatic rings. The molecule has 1 aromatic heterocycles. The van der Waals surface area contributed by atoms with E-state index >= 15 is 0 Å². The first-order chi connectivity index (χ1) is 11.6. The van der Waals surface area contributed by atoms with E-state index in [4.69, 9.17) is 20.9 Å². The van der Waals surface area contributed by atoms with E-state index in [1.807, 2.05) is 31.2 Å². The molecule has 0 spiro atoms. The minimum Gasteiger partial charge on any atom is -0.493 e. The van der Waals surface area contributed by atoms with Gasteiger partial charge in [0.15, 0.2) is 0 Å². The fraction of sp³-hybridized carbons (Fsp3) is 0.125. The average Bonchev–Trinajstić information content (AvgIpc) is 3.05. The summed E-state index contributed by atoms with van der Waals surface area (Å²) >= 11 is 5.81. The molecule has 0 saturated carbocycles. The summed E-state index contributed by atoms with van der Waals surface area (Å²) in [6.45, 7) is 2.39. The van der Waals surface area contributed by atoms with E-state index in [1.54, 1.807) is 6.07 Å². The largest absolute Gasteiger partial charge is 0.493 e. The first-order valence-electron chi connectivity index (χ1n) is 7.10. The molecule has 1 heterocycles. The Balaban J connectivity index is 2.00. The van der Waals surface area contributed by atoms with Crippen LogP contribution in [-0.2, 0) is 0 Å². The van der Waals surface area contributed by atoms with Gasteiger partial charge in [-0.1, -0.05) is 28.9 Å². The van der Waals surface area contributed by atoms with Gasteiger partial charge in [-0.25, -0.2) is 0 Å². The van der Waals surface area contributed by atoms with Crippen molar-refractivity contribution >= 4 is 17.3 Å². The van der Waals surface area contributed by atoms with Crippen LogP contribution in [0.25, 0.3) is 22.8 Å². The third-order valence-corrected chi connectivity index (χ3v) is 3.56. The van der Waals surface area contributed by atoms with Gasteiger partial charge in [0.25, 0.3) is 11.6 Å². The highest BCUT2D eigenvalue weighted by atomic mass is 35.5. The van der Waals surface area contributed by atoms with Crippen LogP contribution in [0, 0.1) is 10.1 Å². The van der Waals surface area contributed by atoms with Gasteiger partial charge in [-0.3, -0.25) is 10.1 Å². The number of nitrogens with zero attached hydrogens (tertiary/aromatic N) is 3. The molecular formula is C16H12ClN3O4. The third kappa shape index (κ3) is 3.07. The quantitative estimate of drug-likeness (QED) is 0.504. The van der Waals surface area contributed by atoms with Crippen molar-refractivity contribution in [1.82, 2.24) is 10.1 Å². The van der Waals surface area contributed by atoms with Gasteiger partial charge >= 0.3 is 0 Å². The van der Waals surface area contributed by atoms with Crippen molar-refractivity contribution in [3.05, 3.63) is 57.6 Å². The van der Waals surface area contributed by atoms with Gasteiger partial charge in [0.05, 0.1) is 17.1 Å². The van der Waals surface area contributed by atoms with Crippen LogP contribution in [0.2, 0.25) is 5.02 Å². The van der Waals surface area contributed by atoms with Crippen molar-refractivity contribution in [1.29, 1.82) is 0 Å². The van der Waals surface area contributed by atoms with Crippen LogP contribution in [0.3, 0.4) is 0 Å². The Kier molecular flexibility index (Phi) is 4.43. The maximum Gasteiger partial charge on any atom is 0.288 e. The Hall–Kier alpha value is -2.93. The summed E-state index contributed by atoms with van der Waals surface area (Å²) in [6, 6.07) is 11.6. The zero-order valence-electron chi connectivity index (χ0n) is 12.6. The number of hydrogen-bond acceptors (Lipinski definition) is 6. The normalized spacial score (nSPS) is 10.6. The molecule has 0 N–H and O–H groups in total. The number of ether oxygens (including phenoxy) is 1. The number of nitro groups is 1. The molecule has 3 rings (SSSR count). The van der Waals surface area contributed by atoms with Gasteiger partial charge in [-0.2, -0.15) is 4.98 Å². The van der Waals surface area contributed by atoms with Crippen molar-refractivity contribution in [3.8, 4) is 28.6 Å². The predicted molar refractivity (Wildman–Crippen MR) is 88.0 cm³/mol. The van der Waals surface area contributed by atoms with Gasteiger partial charge in [-0.15, -0.1) is 0 Å². The summed E-state index contributed by atoms with van der Waals surface area (Å²) in [6.07, 6.45) is 0. The first-order valence-corrected chi connectivity index (χ1v) is 7.48. The van der Waals surface area contributed by atoms with Crippen LogP contribution >= 0.6 is 11.6 Å². The smallest absolute Gasteiger partial charge is 0.288 e. The minimum absolute atomic E-state index is 0.0465. The van der Waals surface area contributed by atoms with E-state index in [9.17, 15) is 10.1 Å². The minimum atomic E-state index is -0.562. The fourth-order valence-corrected chi connectivity index (χ4v) is 2.36. The van der Waals surface area contributed by atoms with Crippen molar-refractivity contribution < 1.29 is 14.2 Å². The molecule has 0 aliphatic rings. The Labute approximate surface area is 142 Å². The lowest BCUT2D eigenvalue weighted by atomic mass is 10.2. The Morgan fingerprint density at radius 1 is 1.29 bits per heavy atom. The number of halogens is 1. The van der Waals surface area contributed by atoms with Crippen LogP contribution in [0.15, 0.2) is 47.0 Å². The number of aromatic nitrogens is 2. The zero-order valence-corrected chi connectivity index (χ0v) is 13.4. The Morgan fingerprint density at radius 2 is 2.08 bits per heavy atom. The molecule has 7 nitrogen and oxygen atoms in total. The van der Waals surface area contributed by atoms with Crippen LogP contribution < -0.4 is 4.74 Å². The van der Waals surface area contributed by atoms with Crippen molar-refractivity contribution in [2.75, 3.05) is 6.61 Å². The van der Waals surface area contributed by atoms with Gasteiger partial charge in [0.2, 0.25) is 5.82 Å². The van der Waals surface area contributed by atoms with Crippen molar-refractivity contribution in [2.45, 2.75) is 6.92 Å². The summed E-state index contributed by atoms with van der Waals surface area (Å²) < 4.78 is 10.8. The standard InChI is InChI=1S/C16H12ClN3O4/c1-2-23-14-6-4-3-5-11(14)15-18-16(24-19-15)10-7-8-12(17)13(9-10)20(21)22/h3-9H,2H2,1H3. The molecule has 0 atom stereocenters. The highest BCUT2D eigenvalue weighted by molar-refractivity contribution is 6.32. The molecule has 2 aromatic carbocycles. The zero-order chi connectivity index (χ0) is 17.1. The average molecular weight is 346 g/mol. The Morgan fingerprint density at radius 3 is 2.83 bits per heavy atom. The summed E-state index contributed by atoms with van der Waals surface area (Å²) in [5, 5.41) is 15.0. The van der Waals surface area contributed by atoms with Crippen LogP contribution in [0.4, 0.5) is 5.69 Å². The highest BCUT2D eigenvalue weighted by Gasteiger charge is 2.18. The molecular weight excluding hydrogens is 334 g/mol. The molecule has 0 bridgehead atoms. The molecule has 8 heteroatoms. The van der Waals surface area contributed by atoms with E-state index < -0.39 is 4.92 Å². The number of benzene rings is 2. The molecule has 0 radical (unpaired) electrons. The summed E-state index contributed by atoms with van der Waals surface area (Å²) in [5.41, 5.74) is 0.875. The van der Waals surface area contributed by atoms with Crippen LogP contribution in [0.5, 0.6) is 5.75 Å². The SMILES string of the molecule is CCOc1ccccc1-c1noc(-c2ccc(Cl)c([N+](=O)[O-])c2)n1. The van der Waals surface area contributed by atoms with E-state index in [2.05, 4.69) is 10.1 Å². The molecule has 0 amide bonds. The van der Waals surface area contributed by atoms with Gasteiger partial charge in [0, 0.05) is 11.6 Å². The number of hydrogen-bond donors (Lipinski definition) is 0. The lowest BCUT2D eigenvalue weighted by Crippen LogP contribution is -1.94. The second-order valence-electron chi connectivity index (χ2n) is 4.78. The molecule has 0 fully saturated rings. The summed E-state index contributed by atoms with van der Waals surface area (Å²) in [7, 11) is 0. The predicted octanol–water partition coefficient (Wildman–Crippen LogP) is 4.36. The monoisotopic (exact) mass is 345 g/mol. The van der Waals surface area contributed by atoms with E-state index in [0.717, 1.165) is 0 Å². The third-order valence-electron chi connectivity index (χ3n) is 3.24. The van der Waals surface area contributed by atoms with Gasteiger partial charge in [-0.05, 0) is 31.2 Å². The number of nitro benzene ring substituents is 1. The maximum absolute atomic E-state index is 11.0. The maximum atomic E-state index is 11.0. The lowest BCUT2D eigenvalue weighted by Gasteiger charge is -2.05. The number of para-hydroxylation sites is 1. The molecule has 0 aliphatic heterocycles. The van der Waals surface area contributed by atoms with Gasteiger partial charge < -0.3 is 9.26 Å². The fourth-order valence-electron chi connectivity index (χ4n) is 2.17. The van der Waals surface area contributed by atoms with E-state index in [-0.39, 0.29) is 16.6 Å². The van der Waals surface area contributed by atoms with E-state index in [1.165, 1.54) is 12.1 Å². The topological polar surface area (TPSA) is 91.3 Å². The second-order valence-corrected chi connectivity index (χ2v) is 5.18. The number of rotatable bonds is 5. The lowest BCUT2D eigenvalue weighted by molar-refractivity contribution is -0.384. The summed E-state index contributed by atoms with van der Waals surface area (Å²) in [4.78, 5) is 14.7. The van der Waals surface area contributed by atoms with Crippen molar-refractivity contribution in [3.63, 3.8) is 0 Å². The molecule has 122 valence electrons. The molecule has 0 aliphatic carbocycles. The van der Waals surface area contributed by atoms with E-state index in [0.29, 0.717) is 29.3 Å². The highest BCUT2D eigenvalue weighted by Crippen LogP contribution is 2.32. The first kappa shape index (κ1) is 15.9. The van der Waals surface area contributed by atoms with Crippen LogP contribution in [-0.4, -0.2) is 21.7 Å². The molecule has 24 heavy (non-hydrogen) atoms.